The van der Waals surface area contributed by atoms with Crippen molar-refractivity contribution in [1.29, 1.82) is 0 Å². The van der Waals surface area contributed by atoms with Gasteiger partial charge >= 0.3 is 5.97 Å². The van der Waals surface area contributed by atoms with Crippen molar-refractivity contribution in [2.45, 2.75) is 19.8 Å². The lowest BCUT2D eigenvalue weighted by molar-refractivity contribution is -0.138. The van der Waals surface area contributed by atoms with Gasteiger partial charge in [0.1, 0.15) is 5.57 Å². The lowest BCUT2D eigenvalue weighted by Gasteiger charge is -2.05. The highest BCUT2D eigenvalue weighted by Crippen LogP contribution is 2.28. The molecular formula is C11H18N2O3. The van der Waals surface area contributed by atoms with Gasteiger partial charge in [-0.15, -0.1) is 0 Å². The minimum Gasteiger partial charge on any atom is -0.482 e. The van der Waals surface area contributed by atoms with Crippen LogP contribution in [-0.4, -0.2) is 32.4 Å². The van der Waals surface area contributed by atoms with Gasteiger partial charge in [-0.05, 0) is 25.7 Å². The Bertz CT molecular complexity index is 306. The summed E-state index contributed by atoms with van der Waals surface area (Å²) >= 11 is 0. The molecule has 2 N–H and O–H groups in total. The van der Waals surface area contributed by atoms with Crippen LogP contribution in [0.3, 0.4) is 0 Å². The van der Waals surface area contributed by atoms with Gasteiger partial charge in [-0.2, -0.15) is 0 Å². The molecule has 5 heteroatoms. The fourth-order valence-electron chi connectivity index (χ4n) is 1.13. The van der Waals surface area contributed by atoms with Crippen LogP contribution < -0.4 is 5.73 Å². The molecule has 0 aromatic rings. The molecular weight excluding hydrogens is 208 g/mol. The van der Waals surface area contributed by atoms with E-state index in [1.165, 1.54) is 26.2 Å². The van der Waals surface area contributed by atoms with Crippen LogP contribution in [0.25, 0.3) is 0 Å². The van der Waals surface area contributed by atoms with E-state index in [2.05, 4.69) is 4.99 Å². The number of nitrogens with zero attached hydrogens (tertiary/aromatic N) is 1. The van der Waals surface area contributed by atoms with Gasteiger partial charge < -0.3 is 15.2 Å². The van der Waals surface area contributed by atoms with Crippen molar-refractivity contribution >= 4 is 12.2 Å². The van der Waals surface area contributed by atoms with Gasteiger partial charge in [0.25, 0.3) is 0 Å². The predicted octanol–water partition coefficient (Wildman–Crippen LogP) is 0.847. The first-order chi connectivity index (χ1) is 7.69. The van der Waals surface area contributed by atoms with Crippen molar-refractivity contribution in [3.05, 3.63) is 11.5 Å². The highest BCUT2D eigenvalue weighted by atomic mass is 16.5. The third-order valence-electron chi connectivity index (χ3n) is 2.26. The lowest BCUT2D eigenvalue weighted by atomic mass is 10.3. The number of nitrogens with two attached hydrogens (primary N) is 1. The molecule has 1 rings (SSSR count). The van der Waals surface area contributed by atoms with Crippen LogP contribution in [0.15, 0.2) is 16.4 Å². The molecule has 1 saturated carbocycles. The van der Waals surface area contributed by atoms with Crippen LogP contribution in [0.5, 0.6) is 0 Å². The van der Waals surface area contributed by atoms with Gasteiger partial charge in [0, 0.05) is 12.8 Å². The van der Waals surface area contributed by atoms with E-state index in [4.69, 9.17) is 15.2 Å². The molecule has 0 aromatic carbocycles. The minimum atomic E-state index is -0.499. The molecule has 16 heavy (non-hydrogen) atoms. The van der Waals surface area contributed by atoms with Crippen molar-refractivity contribution < 1.29 is 14.3 Å². The number of hydrogen-bond acceptors (Lipinski definition) is 5. The Balaban J connectivity index is 2.62. The van der Waals surface area contributed by atoms with E-state index in [1.54, 1.807) is 6.92 Å². The van der Waals surface area contributed by atoms with E-state index < -0.39 is 5.97 Å². The maximum absolute atomic E-state index is 11.5. The van der Waals surface area contributed by atoms with E-state index >= 15 is 0 Å². The second-order valence-electron chi connectivity index (χ2n) is 3.64. The summed E-state index contributed by atoms with van der Waals surface area (Å²) < 4.78 is 9.67. The summed E-state index contributed by atoms with van der Waals surface area (Å²) in [5.41, 5.74) is 5.73. The minimum absolute atomic E-state index is 0.0398. The molecule has 0 aromatic heterocycles. The van der Waals surface area contributed by atoms with Crippen LogP contribution in [0.2, 0.25) is 0 Å². The Kier molecular flexibility index (Phi) is 4.82. The van der Waals surface area contributed by atoms with Gasteiger partial charge in [0.15, 0.2) is 5.88 Å². The molecule has 0 radical (unpaired) electrons. The number of methoxy groups -OCH3 is 1. The van der Waals surface area contributed by atoms with E-state index in [1.807, 2.05) is 0 Å². The van der Waals surface area contributed by atoms with Gasteiger partial charge in [0.2, 0.25) is 0 Å². The van der Waals surface area contributed by atoms with Gasteiger partial charge in [-0.1, -0.05) is 0 Å². The van der Waals surface area contributed by atoms with Crippen molar-refractivity contribution in [2.24, 2.45) is 16.6 Å². The van der Waals surface area contributed by atoms with Crippen LogP contribution >= 0.6 is 0 Å². The van der Waals surface area contributed by atoms with Gasteiger partial charge in [-0.25, -0.2) is 4.79 Å². The Labute approximate surface area is 95.3 Å². The molecule has 0 aliphatic heterocycles. The summed E-state index contributed by atoms with van der Waals surface area (Å²) in [6, 6.07) is 0. The number of ether oxygens (including phenoxy) is 2. The maximum atomic E-state index is 11.5. The SMILES string of the molecule is CCOC(=O)/C(C=NCC1CC1)=C(/N)OC. The Morgan fingerprint density at radius 2 is 2.25 bits per heavy atom. The highest BCUT2D eigenvalue weighted by Gasteiger charge is 2.20. The standard InChI is InChI=1S/C11H18N2O3/c1-3-16-11(14)9(10(12)15-2)7-13-6-8-4-5-8/h7-8H,3-6,12H2,1-2H3/b10-9-,13-7?. The second-order valence-corrected chi connectivity index (χ2v) is 3.64. The summed E-state index contributed by atoms with van der Waals surface area (Å²) in [6.07, 6.45) is 3.88. The number of aliphatic imine (C=N–C) groups is 1. The van der Waals surface area contributed by atoms with Gasteiger partial charge in [0.05, 0.1) is 13.7 Å². The normalized spacial score (nSPS) is 17.1. The third-order valence-corrected chi connectivity index (χ3v) is 2.26. The molecule has 1 fully saturated rings. The van der Waals surface area contributed by atoms with E-state index in [-0.39, 0.29) is 11.5 Å². The lowest BCUT2D eigenvalue weighted by Crippen LogP contribution is -2.16. The number of rotatable bonds is 6. The van der Waals surface area contributed by atoms with Crippen molar-refractivity contribution in [3.8, 4) is 0 Å². The smallest absolute Gasteiger partial charge is 0.345 e. The zero-order valence-corrected chi connectivity index (χ0v) is 9.73. The topological polar surface area (TPSA) is 73.9 Å². The van der Waals surface area contributed by atoms with Crippen LogP contribution in [-0.2, 0) is 14.3 Å². The molecule has 0 bridgehead atoms. The molecule has 0 heterocycles. The molecule has 0 amide bonds. The first-order valence-electron chi connectivity index (χ1n) is 5.39. The molecule has 5 nitrogen and oxygen atoms in total. The number of hydrogen-bond donors (Lipinski definition) is 1. The second kappa shape index (κ2) is 6.15. The Morgan fingerprint density at radius 1 is 1.56 bits per heavy atom. The Morgan fingerprint density at radius 3 is 2.75 bits per heavy atom. The molecule has 0 spiro atoms. The van der Waals surface area contributed by atoms with Gasteiger partial charge in [-0.3, -0.25) is 4.99 Å². The van der Waals surface area contributed by atoms with E-state index in [9.17, 15) is 4.79 Å². The molecule has 0 unspecified atom stereocenters. The highest BCUT2D eigenvalue weighted by molar-refractivity contribution is 6.09. The summed E-state index contributed by atoms with van der Waals surface area (Å²) in [7, 11) is 1.41. The molecule has 1 aliphatic carbocycles. The zero-order valence-electron chi connectivity index (χ0n) is 9.73. The number of carbonyl (C=O) groups is 1. The number of carbonyl (C=O) groups excluding carboxylic acids is 1. The molecule has 0 saturated heterocycles. The molecule has 90 valence electrons. The van der Waals surface area contributed by atoms with E-state index in [0.717, 1.165) is 6.54 Å². The van der Waals surface area contributed by atoms with Crippen LogP contribution in [0, 0.1) is 5.92 Å². The van der Waals surface area contributed by atoms with Crippen molar-refractivity contribution in [3.63, 3.8) is 0 Å². The largest absolute Gasteiger partial charge is 0.482 e. The fourth-order valence-corrected chi connectivity index (χ4v) is 1.13. The van der Waals surface area contributed by atoms with Crippen LogP contribution in [0.4, 0.5) is 0 Å². The quantitative estimate of drug-likeness (QED) is 0.315. The van der Waals surface area contributed by atoms with E-state index in [0.29, 0.717) is 12.5 Å². The Hall–Kier alpha value is -1.52. The summed E-state index contributed by atoms with van der Waals surface area (Å²) in [4.78, 5) is 15.7. The maximum Gasteiger partial charge on any atom is 0.345 e. The average Bonchev–Trinajstić information content (AvgIpc) is 3.07. The first-order valence-corrected chi connectivity index (χ1v) is 5.39. The third kappa shape index (κ3) is 3.92. The number of esters is 1. The summed E-state index contributed by atoms with van der Waals surface area (Å²) in [6.45, 7) is 2.77. The van der Waals surface area contributed by atoms with Crippen molar-refractivity contribution in [1.82, 2.24) is 0 Å². The molecule has 1 aliphatic rings. The summed E-state index contributed by atoms with van der Waals surface area (Å²) in [5, 5.41) is 0. The monoisotopic (exact) mass is 226 g/mol. The fraction of sp³-hybridized carbons (Fsp3) is 0.636. The van der Waals surface area contributed by atoms with Crippen LogP contribution in [0.1, 0.15) is 19.8 Å². The summed E-state index contributed by atoms with van der Waals surface area (Å²) in [5.74, 6) is 0.211. The first kappa shape index (κ1) is 12.5. The van der Waals surface area contributed by atoms with Crippen molar-refractivity contribution in [2.75, 3.05) is 20.3 Å². The average molecular weight is 226 g/mol. The predicted molar refractivity (Wildman–Crippen MR) is 60.9 cm³/mol. The zero-order chi connectivity index (χ0) is 12.0. The molecule has 0 atom stereocenters.